The van der Waals surface area contributed by atoms with Crippen LogP contribution in [0.1, 0.15) is 61.8 Å². The van der Waals surface area contributed by atoms with Gasteiger partial charge in [0.2, 0.25) is 0 Å². The van der Waals surface area contributed by atoms with Gasteiger partial charge in [0.1, 0.15) is 6.61 Å². The predicted molar refractivity (Wildman–Crippen MR) is 152 cm³/mol. The lowest BCUT2D eigenvalue weighted by atomic mass is 10.1. The Morgan fingerprint density at radius 3 is 2.43 bits per heavy atom. The monoisotopic (exact) mass is 541 g/mol. The highest BCUT2D eigenvalue weighted by Crippen LogP contribution is 2.26. The van der Waals surface area contributed by atoms with E-state index in [1.54, 1.807) is 36.0 Å². The van der Waals surface area contributed by atoms with Crippen LogP contribution >= 0.6 is 23.5 Å². The fraction of sp³-hybridized carbons (Fsp3) is 0.615. The van der Waals surface area contributed by atoms with E-state index in [2.05, 4.69) is 18.8 Å². The first-order valence-electron chi connectivity index (χ1n) is 12.1. The Balaban J connectivity index is 0.00000612. The van der Waals surface area contributed by atoms with Crippen LogP contribution in [0.5, 0.6) is 0 Å². The van der Waals surface area contributed by atoms with E-state index in [1.807, 2.05) is 25.6 Å². The van der Waals surface area contributed by atoms with Gasteiger partial charge >= 0.3 is 14.5 Å². The number of rotatable bonds is 14. The van der Waals surface area contributed by atoms with Gasteiger partial charge in [-0.1, -0.05) is 45.1 Å². The Kier molecular flexibility index (Phi) is 15.6. The van der Waals surface area contributed by atoms with Crippen LogP contribution in [0.2, 0.25) is 12.1 Å². The summed E-state index contributed by atoms with van der Waals surface area (Å²) in [6.07, 6.45) is 1.79. The second kappa shape index (κ2) is 17.2. The summed E-state index contributed by atoms with van der Waals surface area (Å²) in [5.41, 5.74) is 1.85. The Morgan fingerprint density at radius 2 is 1.77 bits per heavy atom. The largest absolute Gasteiger partial charge is 0.461 e. The molecule has 1 aromatic rings. The third kappa shape index (κ3) is 10.7. The zero-order valence-corrected chi connectivity index (χ0v) is 23.4. The summed E-state index contributed by atoms with van der Waals surface area (Å²) in [4.78, 5) is 25.6. The molecule has 1 heterocycles. The number of hydrogen-bond acceptors (Lipinski definition) is 7. The van der Waals surface area contributed by atoms with Crippen molar-refractivity contribution in [2.24, 2.45) is 0 Å². The van der Waals surface area contributed by atoms with Crippen LogP contribution in [0.4, 0.5) is 0 Å². The molecule has 0 bridgehead atoms. The van der Waals surface area contributed by atoms with Crippen molar-refractivity contribution in [3.63, 3.8) is 0 Å². The standard InChI is InChI=1S/C25H39NO5S2Si.CH4/c1-5-14-34(30-6-2,31-7-3)15-10-13-26-24(27)22-11-8-9-12-23(22)25(28)29-16-21-19-32-17-20(4)18-33-21;/h8-9,11-12,21H,4-7,10,13-19H2,1-3H3,(H,26,27);1H4. The maximum absolute atomic E-state index is 12.9. The average Bonchev–Trinajstić information content (AvgIpc) is 3.04. The second-order valence-electron chi connectivity index (χ2n) is 8.23. The zero-order chi connectivity index (χ0) is 24.8. The van der Waals surface area contributed by atoms with Gasteiger partial charge in [-0.05, 0) is 44.5 Å². The smallest absolute Gasteiger partial charge is 0.338 e. The summed E-state index contributed by atoms with van der Waals surface area (Å²) in [6.45, 7) is 12.3. The number of esters is 1. The molecule has 0 aliphatic carbocycles. The van der Waals surface area contributed by atoms with Crippen LogP contribution in [0.15, 0.2) is 36.4 Å². The third-order valence-corrected chi connectivity index (χ3v) is 12.2. The zero-order valence-electron chi connectivity index (χ0n) is 20.7. The van der Waals surface area contributed by atoms with Gasteiger partial charge in [-0.15, -0.1) is 11.8 Å². The highest BCUT2D eigenvalue weighted by Gasteiger charge is 2.35. The fourth-order valence-electron chi connectivity index (χ4n) is 3.88. The molecule has 0 spiro atoms. The molecule has 35 heavy (non-hydrogen) atoms. The van der Waals surface area contributed by atoms with Gasteiger partial charge in [0.25, 0.3) is 5.91 Å². The predicted octanol–water partition coefficient (Wildman–Crippen LogP) is 5.93. The molecule has 1 aromatic carbocycles. The maximum Gasteiger partial charge on any atom is 0.338 e. The minimum Gasteiger partial charge on any atom is -0.461 e. The number of amides is 1. The lowest BCUT2D eigenvalue weighted by Gasteiger charge is -2.29. The number of ether oxygens (including phenoxy) is 1. The SMILES string of the molecule is C.C=C1CSCC(COC(=O)c2ccccc2C(=O)NCCC[Si](CCC)(OCC)OCC)SC1. The van der Waals surface area contributed by atoms with E-state index in [-0.39, 0.29) is 18.6 Å². The van der Waals surface area contributed by atoms with Gasteiger partial charge in [-0.25, -0.2) is 4.79 Å². The van der Waals surface area contributed by atoms with Crippen LogP contribution in [0.25, 0.3) is 0 Å². The van der Waals surface area contributed by atoms with Gasteiger partial charge in [0, 0.05) is 42.3 Å². The van der Waals surface area contributed by atoms with Crippen molar-refractivity contribution < 1.29 is 23.2 Å². The topological polar surface area (TPSA) is 73.9 Å². The number of hydrogen-bond donors (Lipinski definition) is 1. The van der Waals surface area contributed by atoms with E-state index >= 15 is 0 Å². The molecule has 198 valence electrons. The van der Waals surface area contributed by atoms with Crippen LogP contribution in [0.3, 0.4) is 0 Å². The van der Waals surface area contributed by atoms with Crippen LogP contribution in [0, 0.1) is 0 Å². The molecule has 1 aliphatic rings. The molecule has 1 unspecified atom stereocenters. The summed E-state index contributed by atoms with van der Waals surface area (Å²) in [7, 11) is -2.25. The molecule has 1 aliphatic heterocycles. The Morgan fingerprint density at radius 1 is 1.09 bits per heavy atom. The average molecular weight is 542 g/mol. The molecule has 6 nitrogen and oxygen atoms in total. The Hall–Kier alpha value is -1.26. The van der Waals surface area contributed by atoms with Crippen molar-refractivity contribution in [3.05, 3.63) is 47.5 Å². The Labute approximate surface area is 221 Å². The maximum atomic E-state index is 12.9. The van der Waals surface area contributed by atoms with Gasteiger partial charge in [-0.3, -0.25) is 4.79 Å². The lowest BCUT2D eigenvalue weighted by molar-refractivity contribution is 0.0508. The lowest BCUT2D eigenvalue weighted by Crippen LogP contribution is -2.42. The summed E-state index contributed by atoms with van der Waals surface area (Å²) in [5, 5.41) is 3.19. The number of carbonyl (C=O) groups excluding carboxylic acids is 2. The highest BCUT2D eigenvalue weighted by molar-refractivity contribution is 8.04. The first kappa shape index (κ1) is 31.8. The summed E-state index contributed by atoms with van der Waals surface area (Å²) >= 11 is 3.59. The Bertz CT molecular complexity index is 791. The summed E-state index contributed by atoms with van der Waals surface area (Å²) in [6, 6.07) is 8.61. The van der Waals surface area contributed by atoms with E-state index in [1.165, 1.54) is 5.57 Å². The van der Waals surface area contributed by atoms with Crippen molar-refractivity contribution in [2.45, 2.75) is 58.4 Å². The first-order valence-corrected chi connectivity index (χ1v) is 16.6. The molecule has 1 saturated heterocycles. The minimum absolute atomic E-state index is 0. The van der Waals surface area contributed by atoms with Crippen molar-refractivity contribution >= 4 is 44.0 Å². The van der Waals surface area contributed by atoms with Gasteiger partial charge < -0.3 is 18.9 Å². The summed E-state index contributed by atoms with van der Waals surface area (Å²) in [5.74, 6) is 2.05. The van der Waals surface area contributed by atoms with E-state index < -0.39 is 14.5 Å². The van der Waals surface area contributed by atoms with E-state index in [4.69, 9.17) is 13.6 Å². The molecule has 2 rings (SSSR count). The fourth-order valence-corrected chi connectivity index (χ4v) is 9.73. The number of benzene rings is 1. The molecule has 1 fully saturated rings. The molecule has 1 N–H and O–H groups in total. The number of carbonyl (C=O) groups is 2. The van der Waals surface area contributed by atoms with Crippen molar-refractivity contribution in [1.82, 2.24) is 5.32 Å². The molecule has 1 amide bonds. The van der Waals surface area contributed by atoms with Crippen molar-refractivity contribution in [2.75, 3.05) is 43.6 Å². The van der Waals surface area contributed by atoms with E-state index in [0.717, 1.165) is 42.2 Å². The normalized spacial score (nSPS) is 16.2. The van der Waals surface area contributed by atoms with Gasteiger partial charge in [0.05, 0.1) is 11.1 Å². The molecular formula is C26H43NO5S2Si. The van der Waals surface area contributed by atoms with E-state index in [0.29, 0.717) is 37.5 Å². The third-order valence-electron chi connectivity index (χ3n) is 5.39. The van der Waals surface area contributed by atoms with E-state index in [9.17, 15) is 9.59 Å². The minimum atomic E-state index is -2.25. The van der Waals surface area contributed by atoms with Gasteiger partial charge in [-0.2, -0.15) is 11.8 Å². The molecule has 0 saturated carbocycles. The van der Waals surface area contributed by atoms with Crippen molar-refractivity contribution in [1.29, 1.82) is 0 Å². The quantitative estimate of drug-likeness (QED) is 0.135. The molecular weight excluding hydrogens is 499 g/mol. The highest BCUT2D eigenvalue weighted by atomic mass is 32.2. The number of thioether (sulfide) groups is 2. The first-order chi connectivity index (χ1) is 16.4. The molecule has 0 aromatic heterocycles. The van der Waals surface area contributed by atoms with Crippen molar-refractivity contribution in [3.8, 4) is 0 Å². The molecule has 9 heteroatoms. The molecule has 1 atom stereocenters. The summed E-state index contributed by atoms with van der Waals surface area (Å²) < 4.78 is 17.7. The van der Waals surface area contributed by atoms with Crippen LogP contribution in [-0.2, 0) is 13.6 Å². The van der Waals surface area contributed by atoms with Gasteiger partial charge in [0.15, 0.2) is 0 Å². The van der Waals surface area contributed by atoms with Crippen LogP contribution < -0.4 is 5.32 Å². The molecule has 0 radical (unpaired) electrons. The number of nitrogens with one attached hydrogen (secondary N) is 1. The van der Waals surface area contributed by atoms with Crippen LogP contribution in [-0.4, -0.2) is 69.3 Å². The second-order valence-corrected chi connectivity index (χ2v) is 13.9.